The fraction of sp³-hybridized carbons (Fsp3) is 0.357. The molecule has 96 valence electrons. The number of hydrogen-bond donors (Lipinski definition) is 2. The molecular formula is C14H19N3O. The summed E-state index contributed by atoms with van der Waals surface area (Å²) in [6, 6.07) is 10.5. The second-order valence-corrected chi connectivity index (χ2v) is 4.80. The van der Waals surface area contributed by atoms with Crippen LogP contribution < -0.4 is 5.73 Å². The minimum absolute atomic E-state index is 0.185. The van der Waals surface area contributed by atoms with E-state index in [1.54, 1.807) is 0 Å². The van der Waals surface area contributed by atoms with E-state index in [1.807, 2.05) is 26.2 Å². The molecule has 1 atom stereocenters. The van der Waals surface area contributed by atoms with E-state index in [2.05, 4.69) is 28.1 Å². The molecule has 0 aliphatic rings. The number of carbonyl (C=O) groups excluding carboxylic acids is 1. The van der Waals surface area contributed by atoms with Crippen molar-refractivity contribution in [2.24, 2.45) is 5.73 Å². The highest BCUT2D eigenvalue weighted by atomic mass is 16.1. The molecule has 2 rings (SSSR count). The third kappa shape index (κ3) is 2.71. The predicted molar refractivity (Wildman–Crippen MR) is 73.2 cm³/mol. The van der Waals surface area contributed by atoms with Crippen molar-refractivity contribution in [1.82, 2.24) is 9.88 Å². The average Bonchev–Trinajstić information content (AvgIpc) is 2.71. The number of hydrogen-bond acceptors (Lipinski definition) is 2. The summed E-state index contributed by atoms with van der Waals surface area (Å²) in [5.41, 5.74) is 7.48. The quantitative estimate of drug-likeness (QED) is 0.846. The van der Waals surface area contributed by atoms with Crippen LogP contribution >= 0.6 is 0 Å². The fourth-order valence-corrected chi connectivity index (χ4v) is 2.25. The zero-order chi connectivity index (χ0) is 13.1. The first-order chi connectivity index (χ1) is 8.58. The van der Waals surface area contributed by atoms with Gasteiger partial charge < -0.3 is 15.6 Å². The van der Waals surface area contributed by atoms with Crippen molar-refractivity contribution < 1.29 is 4.79 Å². The van der Waals surface area contributed by atoms with E-state index in [0.717, 1.165) is 17.6 Å². The Labute approximate surface area is 107 Å². The lowest BCUT2D eigenvalue weighted by atomic mass is 10.1. The molecule has 4 nitrogen and oxygen atoms in total. The lowest BCUT2D eigenvalue weighted by molar-refractivity contribution is -0.118. The summed E-state index contributed by atoms with van der Waals surface area (Å²) in [6.07, 6.45) is 1.13. The molecule has 0 fully saturated rings. The average molecular weight is 245 g/mol. The Morgan fingerprint density at radius 3 is 2.72 bits per heavy atom. The minimum atomic E-state index is -0.252. The molecule has 1 heterocycles. The smallest absolute Gasteiger partial charge is 0.217 e. The maximum atomic E-state index is 10.9. The number of H-pyrrole nitrogens is 1. The molecule has 0 saturated heterocycles. The predicted octanol–water partition coefficient (Wildman–Crippen LogP) is 2.04. The van der Waals surface area contributed by atoms with Crippen LogP contribution in [0.3, 0.4) is 0 Å². The second-order valence-electron chi connectivity index (χ2n) is 4.80. The highest BCUT2D eigenvalue weighted by molar-refractivity contribution is 5.80. The number of nitrogens with one attached hydrogen (secondary N) is 1. The maximum Gasteiger partial charge on any atom is 0.217 e. The van der Waals surface area contributed by atoms with E-state index in [9.17, 15) is 4.79 Å². The molecule has 4 heteroatoms. The lowest BCUT2D eigenvalue weighted by Crippen LogP contribution is -2.22. The van der Waals surface area contributed by atoms with E-state index < -0.39 is 0 Å². The molecule has 0 aliphatic carbocycles. The highest BCUT2D eigenvalue weighted by Gasteiger charge is 2.17. The summed E-state index contributed by atoms with van der Waals surface area (Å²) in [4.78, 5) is 16.4. The molecule has 0 aliphatic heterocycles. The van der Waals surface area contributed by atoms with Gasteiger partial charge in [-0.25, -0.2) is 0 Å². The zero-order valence-corrected chi connectivity index (χ0v) is 10.8. The van der Waals surface area contributed by atoms with Gasteiger partial charge in [0.15, 0.2) is 0 Å². The SMILES string of the molecule is CN(C)C(CCC(N)=O)c1cc2ccccc2[nH]1. The van der Waals surface area contributed by atoms with Crippen molar-refractivity contribution in [3.05, 3.63) is 36.0 Å². The van der Waals surface area contributed by atoms with E-state index in [1.165, 1.54) is 5.39 Å². The number of rotatable bonds is 5. The van der Waals surface area contributed by atoms with E-state index in [0.29, 0.717) is 6.42 Å². The lowest BCUT2D eigenvalue weighted by Gasteiger charge is -2.22. The van der Waals surface area contributed by atoms with Crippen molar-refractivity contribution in [1.29, 1.82) is 0 Å². The van der Waals surface area contributed by atoms with Crippen LogP contribution in [-0.2, 0) is 4.79 Å². The van der Waals surface area contributed by atoms with E-state index >= 15 is 0 Å². The zero-order valence-electron chi connectivity index (χ0n) is 10.8. The summed E-state index contributed by atoms with van der Waals surface area (Å²) in [7, 11) is 4.02. The van der Waals surface area contributed by atoms with Crippen molar-refractivity contribution in [3.8, 4) is 0 Å². The van der Waals surface area contributed by atoms with Crippen molar-refractivity contribution in [2.45, 2.75) is 18.9 Å². The Kier molecular flexibility index (Phi) is 3.67. The first kappa shape index (κ1) is 12.6. The molecule has 0 radical (unpaired) electrons. The number of nitrogens with zero attached hydrogens (tertiary/aromatic N) is 1. The van der Waals surface area contributed by atoms with Crippen LogP contribution in [0.4, 0.5) is 0 Å². The highest BCUT2D eigenvalue weighted by Crippen LogP contribution is 2.26. The number of primary amides is 1. The summed E-state index contributed by atoms with van der Waals surface area (Å²) >= 11 is 0. The molecular weight excluding hydrogens is 226 g/mol. The normalized spacial score (nSPS) is 13.1. The maximum absolute atomic E-state index is 10.9. The van der Waals surface area contributed by atoms with Crippen molar-refractivity contribution >= 4 is 16.8 Å². The van der Waals surface area contributed by atoms with Gasteiger partial charge in [0.1, 0.15) is 0 Å². The van der Waals surface area contributed by atoms with Gasteiger partial charge in [0.2, 0.25) is 5.91 Å². The van der Waals surface area contributed by atoms with Crippen LogP contribution in [0.5, 0.6) is 0 Å². The molecule has 1 aromatic carbocycles. The molecule has 1 aromatic heterocycles. The topological polar surface area (TPSA) is 62.1 Å². The van der Waals surface area contributed by atoms with Crippen LogP contribution in [0.25, 0.3) is 10.9 Å². The summed E-state index contributed by atoms with van der Waals surface area (Å²) in [6.45, 7) is 0. The molecule has 0 bridgehead atoms. The van der Waals surface area contributed by atoms with Gasteiger partial charge in [-0.15, -0.1) is 0 Å². The second kappa shape index (κ2) is 5.23. The van der Waals surface area contributed by atoms with Crippen LogP contribution in [0.1, 0.15) is 24.6 Å². The molecule has 1 unspecified atom stereocenters. The van der Waals surface area contributed by atoms with E-state index in [4.69, 9.17) is 5.73 Å². The number of carbonyl (C=O) groups is 1. The minimum Gasteiger partial charge on any atom is -0.370 e. The Bertz CT molecular complexity index is 512. The number of fused-ring (bicyclic) bond motifs is 1. The molecule has 0 saturated carbocycles. The van der Waals surface area contributed by atoms with Gasteiger partial charge in [0.05, 0.1) is 0 Å². The molecule has 2 aromatic rings. The van der Waals surface area contributed by atoms with Gasteiger partial charge in [-0.2, -0.15) is 0 Å². The number of nitrogens with two attached hydrogens (primary N) is 1. The van der Waals surface area contributed by atoms with Gasteiger partial charge in [0.25, 0.3) is 0 Å². The Morgan fingerprint density at radius 2 is 2.11 bits per heavy atom. The molecule has 18 heavy (non-hydrogen) atoms. The summed E-state index contributed by atoms with van der Waals surface area (Å²) in [5, 5.41) is 1.19. The van der Waals surface area contributed by atoms with Crippen LogP contribution in [0.2, 0.25) is 0 Å². The monoisotopic (exact) mass is 245 g/mol. The first-order valence-corrected chi connectivity index (χ1v) is 6.10. The first-order valence-electron chi connectivity index (χ1n) is 6.10. The third-order valence-corrected chi connectivity index (χ3v) is 3.20. The van der Waals surface area contributed by atoms with Crippen LogP contribution in [0.15, 0.2) is 30.3 Å². The summed E-state index contributed by atoms with van der Waals surface area (Å²) in [5.74, 6) is -0.252. The third-order valence-electron chi connectivity index (χ3n) is 3.20. The number of aromatic amines is 1. The van der Waals surface area contributed by atoms with Crippen molar-refractivity contribution in [2.75, 3.05) is 14.1 Å². The molecule has 3 N–H and O–H groups in total. The Morgan fingerprint density at radius 1 is 1.39 bits per heavy atom. The van der Waals surface area contributed by atoms with Gasteiger partial charge >= 0.3 is 0 Å². The molecule has 0 spiro atoms. The largest absolute Gasteiger partial charge is 0.370 e. The Hall–Kier alpha value is -1.81. The van der Waals surface area contributed by atoms with Gasteiger partial charge in [-0.05, 0) is 38.0 Å². The van der Waals surface area contributed by atoms with E-state index in [-0.39, 0.29) is 11.9 Å². The van der Waals surface area contributed by atoms with Crippen molar-refractivity contribution in [3.63, 3.8) is 0 Å². The van der Waals surface area contributed by atoms with Gasteiger partial charge in [0, 0.05) is 23.7 Å². The van der Waals surface area contributed by atoms with Crippen LogP contribution in [-0.4, -0.2) is 29.9 Å². The number of aromatic nitrogens is 1. The standard InChI is InChI=1S/C14H19N3O/c1-17(2)13(7-8-14(15)18)12-9-10-5-3-4-6-11(10)16-12/h3-6,9,13,16H,7-8H2,1-2H3,(H2,15,18). The Balaban J connectivity index is 2.26. The number of benzene rings is 1. The van der Waals surface area contributed by atoms with Gasteiger partial charge in [-0.3, -0.25) is 4.79 Å². The fourth-order valence-electron chi connectivity index (χ4n) is 2.25. The molecule has 1 amide bonds. The summed E-state index contributed by atoms with van der Waals surface area (Å²) < 4.78 is 0. The van der Waals surface area contributed by atoms with Crippen LogP contribution in [0, 0.1) is 0 Å². The number of amides is 1. The van der Waals surface area contributed by atoms with Gasteiger partial charge in [-0.1, -0.05) is 18.2 Å². The number of para-hydroxylation sites is 1.